The first-order valence-corrected chi connectivity index (χ1v) is 11.6. The van der Waals surface area contributed by atoms with Crippen molar-refractivity contribution >= 4 is 74.1 Å². The van der Waals surface area contributed by atoms with Gasteiger partial charge < -0.3 is 14.8 Å². The quantitative estimate of drug-likeness (QED) is 0.382. The summed E-state index contributed by atoms with van der Waals surface area (Å²) in [6.07, 6.45) is 1.57. The molecule has 11 heteroatoms. The molecule has 0 aromatic heterocycles. The molecule has 3 rings (SSSR count). The molecular weight excluding hydrogens is 536 g/mol. The average Bonchev–Trinajstić information content (AvgIpc) is 3.03. The Morgan fingerprint density at radius 1 is 1.21 bits per heavy atom. The van der Waals surface area contributed by atoms with Crippen LogP contribution in [0.4, 0.5) is 10.5 Å². The van der Waals surface area contributed by atoms with E-state index in [0.29, 0.717) is 22.4 Å². The Bertz CT molecular complexity index is 1170. The fourth-order valence-electron chi connectivity index (χ4n) is 2.88. The van der Waals surface area contributed by atoms with E-state index in [1.807, 2.05) is 6.92 Å². The van der Waals surface area contributed by atoms with E-state index in [2.05, 4.69) is 26.0 Å². The van der Waals surface area contributed by atoms with Crippen molar-refractivity contribution in [1.29, 1.82) is 0 Å². The molecule has 1 heterocycles. The fourth-order valence-corrected chi connectivity index (χ4v) is 4.42. The normalized spacial score (nSPS) is 14.5. The molecule has 1 fully saturated rings. The van der Waals surface area contributed by atoms with Crippen LogP contribution >= 0.6 is 39.3 Å². The zero-order valence-corrected chi connectivity index (χ0v) is 20.7. The molecule has 0 unspecified atom stereocenters. The second-order valence-corrected chi connectivity index (χ2v) is 8.88. The summed E-state index contributed by atoms with van der Waals surface area (Å²) in [4.78, 5) is 50.3. The van der Waals surface area contributed by atoms with Crippen LogP contribution in [0.5, 0.6) is 5.75 Å². The van der Waals surface area contributed by atoms with Crippen molar-refractivity contribution in [3.05, 3.63) is 61.9 Å². The molecule has 1 saturated heterocycles. The number of carbonyl (C=O) groups excluding carboxylic acids is 4. The van der Waals surface area contributed by atoms with Crippen LogP contribution in [0.1, 0.15) is 22.8 Å². The van der Waals surface area contributed by atoms with Gasteiger partial charge in [-0.25, -0.2) is 4.79 Å². The SMILES string of the molecule is CCOc1ccc(/C=C2\SC(=O)N(CC(=O)Nc3ccc(Cl)c(C(=O)OC)c3)C2=O)cc1Br. The Balaban J connectivity index is 1.70. The van der Waals surface area contributed by atoms with Gasteiger partial charge in [-0.2, -0.15) is 0 Å². The molecular formula is C22H18BrClN2O6S. The molecule has 2 aromatic carbocycles. The van der Waals surface area contributed by atoms with Crippen molar-refractivity contribution in [2.75, 3.05) is 25.6 Å². The maximum Gasteiger partial charge on any atom is 0.339 e. The minimum absolute atomic E-state index is 0.0765. The summed E-state index contributed by atoms with van der Waals surface area (Å²) in [5, 5.41) is 2.15. The van der Waals surface area contributed by atoms with Gasteiger partial charge >= 0.3 is 5.97 Å². The number of hydrogen-bond donors (Lipinski definition) is 1. The van der Waals surface area contributed by atoms with Gasteiger partial charge in [0.2, 0.25) is 5.91 Å². The number of amides is 3. The predicted molar refractivity (Wildman–Crippen MR) is 129 cm³/mol. The van der Waals surface area contributed by atoms with E-state index in [-0.39, 0.29) is 21.2 Å². The van der Waals surface area contributed by atoms with Crippen molar-refractivity contribution in [2.45, 2.75) is 6.92 Å². The van der Waals surface area contributed by atoms with Crippen LogP contribution in [-0.4, -0.2) is 48.2 Å². The minimum Gasteiger partial charge on any atom is -0.493 e. The highest BCUT2D eigenvalue weighted by Gasteiger charge is 2.36. The number of nitrogens with zero attached hydrogens (tertiary/aromatic N) is 1. The minimum atomic E-state index is -0.659. The molecule has 0 saturated carbocycles. The fraction of sp³-hybridized carbons (Fsp3) is 0.182. The standard InChI is InChI=1S/C22H18BrClN2O6S/c1-3-32-17-7-4-12(8-15(17)23)9-18-20(28)26(22(30)33-18)11-19(27)25-13-5-6-16(24)14(10-13)21(29)31-2/h4-10H,3,11H2,1-2H3,(H,25,27)/b18-9-. The summed E-state index contributed by atoms with van der Waals surface area (Å²) in [7, 11) is 1.21. The van der Waals surface area contributed by atoms with Gasteiger partial charge in [-0.15, -0.1) is 0 Å². The number of benzene rings is 2. The summed E-state index contributed by atoms with van der Waals surface area (Å²) >= 11 is 10.1. The molecule has 1 aliphatic heterocycles. The first kappa shape index (κ1) is 24.8. The summed E-state index contributed by atoms with van der Waals surface area (Å²) in [5.41, 5.74) is 1.04. The number of rotatable bonds is 7. The maximum atomic E-state index is 12.7. The molecule has 1 N–H and O–H groups in total. The number of nitrogens with one attached hydrogen (secondary N) is 1. The van der Waals surface area contributed by atoms with Crippen molar-refractivity contribution < 1.29 is 28.7 Å². The second-order valence-electron chi connectivity index (χ2n) is 6.63. The highest BCUT2D eigenvalue weighted by molar-refractivity contribution is 9.10. The van der Waals surface area contributed by atoms with E-state index in [4.69, 9.17) is 16.3 Å². The number of imide groups is 1. The van der Waals surface area contributed by atoms with Crippen molar-refractivity contribution in [3.63, 3.8) is 0 Å². The lowest BCUT2D eigenvalue weighted by Gasteiger charge is -2.13. The molecule has 8 nitrogen and oxygen atoms in total. The predicted octanol–water partition coefficient (Wildman–Crippen LogP) is 4.96. The first-order chi connectivity index (χ1) is 15.7. The molecule has 0 radical (unpaired) electrons. The number of methoxy groups -OCH3 is 1. The number of hydrogen-bond acceptors (Lipinski definition) is 7. The molecule has 2 aromatic rings. The van der Waals surface area contributed by atoms with E-state index in [1.165, 1.54) is 25.3 Å². The van der Waals surface area contributed by atoms with Gasteiger partial charge in [0.05, 0.1) is 33.7 Å². The zero-order chi connectivity index (χ0) is 24.1. The van der Waals surface area contributed by atoms with E-state index in [0.717, 1.165) is 16.7 Å². The number of carbonyl (C=O) groups is 4. The van der Waals surface area contributed by atoms with Gasteiger partial charge in [-0.05, 0) is 76.6 Å². The topological polar surface area (TPSA) is 102 Å². The first-order valence-electron chi connectivity index (χ1n) is 9.59. The molecule has 0 bridgehead atoms. The lowest BCUT2D eigenvalue weighted by atomic mass is 10.2. The van der Waals surface area contributed by atoms with Crippen molar-refractivity contribution in [2.24, 2.45) is 0 Å². The molecule has 172 valence electrons. The third-order valence-electron chi connectivity index (χ3n) is 4.38. The van der Waals surface area contributed by atoms with Crippen LogP contribution in [-0.2, 0) is 14.3 Å². The molecule has 1 aliphatic rings. The number of thioether (sulfide) groups is 1. The number of ether oxygens (including phenoxy) is 2. The van der Waals surface area contributed by atoms with E-state index >= 15 is 0 Å². The largest absolute Gasteiger partial charge is 0.493 e. The van der Waals surface area contributed by atoms with Gasteiger partial charge in [0.1, 0.15) is 12.3 Å². The molecule has 3 amide bonds. The van der Waals surface area contributed by atoms with Crippen LogP contribution in [0.25, 0.3) is 6.08 Å². The van der Waals surface area contributed by atoms with Gasteiger partial charge in [0, 0.05) is 5.69 Å². The summed E-state index contributed by atoms with van der Waals surface area (Å²) in [6, 6.07) is 9.56. The van der Waals surface area contributed by atoms with E-state index < -0.39 is 29.6 Å². The van der Waals surface area contributed by atoms with Crippen LogP contribution in [0.2, 0.25) is 5.02 Å². The average molecular weight is 554 g/mol. The van der Waals surface area contributed by atoms with Gasteiger partial charge in [-0.3, -0.25) is 19.3 Å². The van der Waals surface area contributed by atoms with Gasteiger partial charge in [-0.1, -0.05) is 17.7 Å². The summed E-state index contributed by atoms with van der Waals surface area (Å²) in [6.45, 7) is 1.90. The highest BCUT2D eigenvalue weighted by atomic mass is 79.9. The van der Waals surface area contributed by atoms with Crippen molar-refractivity contribution in [1.82, 2.24) is 4.90 Å². The molecule has 0 aliphatic carbocycles. The number of halogens is 2. The van der Waals surface area contributed by atoms with E-state index in [9.17, 15) is 19.2 Å². The second kappa shape index (κ2) is 10.9. The van der Waals surface area contributed by atoms with E-state index in [1.54, 1.807) is 24.3 Å². The number of esters is 1. The third kappa shape index (κ3) is 5.95. The Labute approximate surface area is 207 Å². The van der Waals surface area contributed by atoms with Gasteiger partial charge in [0.25, 0.3) is 11.1 Å². The summed E-state index contributed by atoms with van der Waals surface area (Å²) in [5.74, 6) is -1.18. The third-order valence-corrected chi connectivity index (χ3v) is 6.24. The molecule has 0 atom stereocenters. The van der Waals surface area contributed by atoms with Crippen LogP contribution in [0, 0.1) is 0 Å². The zero-order valence-electron chi connectivity index (χ0n) is 17.5. The Hall–Kier alpha value is -2.82. The molecule has 0 spiro atoms. The van der Waals surface area contributed by atoms with Gasteiger partial charge in [0.15, 0.2) is 0 Å². The Kier molecular flexibility index (Phi) is 8.17. The monoisotopic (exact) mass is 552 g/mol. The smallest absolute Gasteiger partial charge is 0.339 e. The van der Waals surface area contributed by atoms with Crippen LogP contribution in [0.15, 0.2) is 45.8 Å². The summed E-state index contributed by atoms with van der Waals surface area (Å²) < 4.78 is 10.8. The molecule has 33 heavy (non-hydrogen) atoms. The Morgan fingerprint density at radius 3 is 2.64 bits per heavy atom. The van der Waals surface area contributed by atoms with Crippen molar-refractivity contribution in [3.8, 4) is 5.75 Å². The maximum absolute atomic E-state index is 12.7. The van der Waals surface area contributed by atoms with Crippen LogP contribution in [0.3, 0.4) is 0 Å². The Morgan fingerprint density at radius 2 is 1.97 bits per heavy atom. The lowest BCUT2D eigenvalue weighted by molar-refractivity contribution is -0.127. The number of anilines is 1. The van der Waals surface area contributed by atoms with Crippen LogP contribution < -0.4 is 10.1 Å². The highest BCUT2D eigenvalue weighted by Crippen LogP contribution is 2.34. The lowest BCUT2D eigenvalue weighted by Crippen LogP contribution is -2.36.